The van der Waals surface area contributed by atoms with Gasteiger partial charge in [-0.2, -0.15) is 0 Å². The number of rotatable bonds is 9. The van der Waals surface area contributed by atoms with Gasteiger partial charge in [0.1, 0.15) is 30.0 Å². The third-order valence-corrected chi connectivity index (χ3v) is 10.9. The molecule has 0 saturated carbocycles. The summed E-state index contributed by atoms with van der Waals surface area (Å²) in [5.41, 5.74) is 1.63. The fraction of sp³-hybridized carbons (Fsp3) is 0.500. The Hall–Kier alpha value is -4.71. The molecule has 2 N–H and O–H groups in total. The van der Waals surface area contributed by atoms with Crippen molar-refractivity contribution in [2.45, 2.75) is 75.4 Å². The zero-order valence-electron chi connectivity index (χ0n) is 30.2. The molecule has 288 valence electrons. The number of hydrogen-bond donors (Lipinski definition) is 2. The largest absolute Gasteiger partial charge is 0.493 e. The Morgan fingerprint density at radius 3 is 2.20 bits per heavy atom. The van der Waals surface area contributed by atoms with Gasteiger partial charge < -0.3 is 57.6 Å². The van der Waals surface area contributed by atoms with E-state index < -0.39 is 77.3 Å². The molecule has 9 unspecified atom stereocenters. The number of fused-ring (bicyclic) bond motifs is 4. The lowest BCUT2D eigenvalue weighted by Crippen LogP contribution is -2.63. The summed E-state index contributed by atoms with van der Waals surface area (Å²) in [7, 11) is 2.98. The van der Waals surface area contributed by atoms with E-state index in [-0.39, 0.29) is 31.4 Å². The highest BCUT2D eigenvalue weighted by atomic mass is 16.8. The van der Waals surface area contributed by atoms with Crippen molar-refractivity contribution in [1.29, 1.82) is 0 Å². The second-order valence-electron chi connectivity index (χ2n) is 14.4. The maximum absolute atomic E-state index is 13.8. The van der Waals surface area contributed by atoms with Gasteiger partial charge in [-0.1, -0.05) is 0 Å². The lowest BCUT2D eigenvalue weighted by atomic mass is 9.66. The number of methoxy groups -OCH3 is 2. The molecule has 1 aliphatic carbocycles. The van der Waals surface area contributed by atoms with Crippen LogP contribution in [0.25, 0.3) is 0 Å². The van der Waals surface area contributed by atoms with Crippen LogP contribution in [0, 0.1) is 22.0 Å². The van der Waals surface area contributed by atoms with Crippen molar-refractivity contribution in [3.8, 4) is 28.7 Å². The summed E-state index contributed by atoms with van der Waals surface area (Å²) < 4.78 is 59.6. The third kappa shape index (κ3) is 6.16. The maximum atomic E-state index is 13.8. The Morgan fingerprint density at radius 1 is 0.889 bits per heavy atom. The summed E-state index contributed by atoms with van der Waals surface area (Å²) in [5, 5.41) is 33.5. The molecular formula is C38H41NO15. The van der Waals surface area contributed by atoms with Gasteiger partial charge in [0.05, 0.1) is 44.4 Å². The first kappa shape index (κ1) is 36.3. The quantitative estimate of drug-likeness (QED) is 0.182. The van der Waals surface area contributed by atoms with E-state index in [1.54, 1.807) is 37.3 Å². The SMILES string of the molecule is COc1cc([C@H]2c3cc4c(cc3C(OC3OC5COC(C)OC5C(O)C3O)C3COC(=O)C32)OCO4)cc(OC)c1OC(C)(C)c1ccc([N+](=O)[O-])cc1. The van der Waals surface area contributed by atoms with E-state index in [2.05, 4.69) is 0 Å². The molecule has 0 amide bonds. The van der Waals surface area contributed by atoms with Gasteiger partial charge in [0.2, 0.25) is 12.5 Å². The monoisotopic (exact) mass is 751 g/mol. The van der Waals surface area contributed by atoms with Crippen LogP contribution in [0.3, 0.4) is 0 Å². The molecule has 16 heteroatoms. The number of carbonyl (C=O) groups is 1. The smallest absolute Gasteiger partial charge is 0.310 e. The van der Waals surface area contributed by atoms with Gasteiger partial charge in [0.25, 0.3) is 5.69 Å². The van der Waals surface area contributed by atoms with Crippen LogP contribution in [0.2, 0.25) is 0 Å². The minimum Gasteiger partial charge on any atom is -0.493 e. The topological polar surface area (TPSA) is 193 Å². The number of nitrogens with zero attached hydrogens (tertiary/aromatic N) is 1. The number of nitro benzene ring substituents is 1. The Bertz CT molecular complexity index is 1910. The van der Waals surface area contributed by atoms with Crippen molar-refractivity contribution in [2.24, 2.45) is 11.8 Å². The Kier molecular flexibility index (Phi) is 9.31. The highest BCUT2D eigenvalue weighted by Gasteiger charge is 2.56. The Labute approximate surface area is 309 Å². The van der Waals surface area contributed by atoms with Gasteiger partial charge in [-0.05, 0) is 79.4 Å². The van der Waals surface area contributed by atoms with E-state index in [9.17, 15) is 25.1 Å². The molecular weight excluding hydrogens is 710 g/mol. The summed E-state index contributed by atoms with van der Waals surface area (Å²) >= 11 is 0. The van der Waals surface area contributed by atoms with Crippen LogP contribution in [-0.4, -0.2) is 92.3 Å². The first-order valence-corrected chi connectivity index (χ1v) is 17.6. The average Bonchev–Trinajstić information content (AvgIpc) is 3.79. The lowest BCUT2D eigenvalue weighted by Gasteiger charge is -2.47. The predicted octanol–water partition coefficient (Wildman–Crippen LogP) is 3.86. The van der Waals surface area contributed by atoms with Gasteiger partial charge >= 0.3 is 5.97 Å². The number of cyclic esters (lactones) is 1. The standard InChI is InChI=1S/C38H41NO15/c1-17-47-15-28-35(51-17)31(40)32(41)37(52-28)53-33-22-13-25-24(49-16-50-25)12-21(22)29(30-23(33)14-48-36(30)42)18-10-26(45-4)34(27(11-18)46-5)54-38(2,3)19-6-8-20(9-7-19)39(43)44/h6-13,17,23,28-33,35,37,40-41H,14-16H2,1-5H3/t17?,23?,28?,29-,30?,31?,32?,33?,35?,37?/m0/s1. The van der Waals surface area contributed by atoms with Crippen LogP contribution in [0.1, 0.15) is 55.0 Å². The summed E-state index contributed by atoms with van der Waals surface area (Å²) in [5.74, 6) is -0.543. The van der Waals surface area contributed by atoms with E-state index in [0.29, 0.717) is 45.3 Å². The van der Waals surface area contributed by atoms with Crippen LogP contribution >= 0.6 is 0 Å². The number of hydrogen-bond acceptors (Lipinski definition) is 15. The van der Waals surface area contributed by atoms with E-state index in [1.807, 2.05) is 19.9 Å². The van der Waals surface area contributed by atoms with Gasteiger partial charge in [-0.15, -0.1) is 0 Å². The molecule has 0 bridgehead atoms. The number of benzene rings is 3. The first-order valence-electron chi connectivity index (χ1n) is 17.6. The Balaban J connectivity index is 1.18. The number of aliphatic hydroxyl groups excluding tert-OH is 2. The van der Waals surface area contributed by atoms with E-state index in [0.717, 1.165) is 0 Å². The molecule has 0 radical (unpaired) electrons. The molecule has 4 heterocycles. The minimum absolute atomic E-state index is 0.000320. The van der Waals surface area contributed by atoms with Crippen molar-refractivity contribution in [3.63, 3.8) is 0 Å². The van der Waals surface area contributed by atoms with E-state index in [1.165, 1.54) is 26.4 Å². The van der Waals surface area contributed by atoms with Crippen molar-refractivity contribution >= 4 is 11.7 Å². The summed E-state index contributed by atoms with van der Waals surface area (Å²) in [6.45, 7) is 5.48. The molecule has 4 aliphatic heterocycles. The lowest BCUT2D eigenvalue weighted by molar-refractivity contribution is -0.384. The van der Waals surface area contributed by atoms with Crippen LogP contribution in [-0.2, 0) is 34.1 Å². The third-order valence-electron chi connectivity index (χ3n) is 10.9. The van der Waals surface area contributed by atoms with Gasteiger partial charge in [0.15, 0.2) is 35.6 Å². The molecule has 10 atom stereocenters. The second kappa shape index (κ2) is 13.9. The van der Waals surface area contributed by atoms with Crippen molar-refractivity contribution < 1.29 is 67.3 Å². The number of esters is 1. The fourth-order valence-corrected chi connectivity index (χ4v) is 8.12. The van der Waals surface area contributed by atoms with E-state index in [4.69, 9.17) is 47.4 Å². The van der Waals surface area contributed by atoms with Crippen LogP contribution in [0.15, 0.2) is 48.5 Å². The average molecular weight is 752 g/mol. The molecule has 8 rings (SSSR count). The first-order chi connectivity index (χ1) is 25.9. The number of non-ortho nitro benzene ring substituents is 1. The summed E-state index contributed by atoms with van der Waals surface area (Å²) in [6.07, 6.45) is -7.04. The minimum atomic E-state index is -1.47. The van der Waals surface area contributed by atoms with Gasteiger partial charge in [-0.25, -0.2) is 0 Å². The molecule has 16 nitrogen and oxygen atoms in total. The number of nitro groups is 1. The number of carbonyl (C=O) groups excluding carboxylic acids is 1. The Morgan fingerprint density at radius 2 is 1.56 bits per heavy atom. The van der Waals surface area contributed by atoms with Gasteiger partial charge in [0, 0.05) is 24.0 Å². The highest BCUT2D eigenvalue weighted by Crippen LogP contribution is 2.57. The second-order valence-corrected chi connectivity index (χ2v) is 14.4. The predicted molar refractivity (Wildman–Crippen MR) is 183 cm³/mol. The van der Waals surface area contributed by atoms with Crippen molar-refractivity contribution in [2.75, 3.05) is 34.2 Å². The molecule has 0 aromatic heterocycles. The van der Waals surface area contributed by atoms with Crippen LogP contribution in [0.4, 0.5) is 5.69 Å². The molecule has 54 heavy (non-hydrogen) atoms. The van der Waals surface area contributed by atoms with Gasteiger partial charge in [-0.3, -0.25) is 14.9 Å². The van der Waals surface area contributed by atoms with Crippen LogP contribution in [0.5, 0.6) is 28.7 Å². The molecule has 3 saturated heterocycles. The molecule has 3 aromatic rings. The molecule has 3 fully saturated rings. The highest BCUT2D eigenvalue weighted by molar-refractivity contribution is 5.79. The summed E-state index contributed by atoms with van der Waals surface area (Å²) in [4.78, 5) is 24.6. The zero-order chi connectivity index (χ0) is 38.1. The van der Waals surface area contributed by atoms with Crippen molar-refractivity contribution in [1.82, 2.24) is 0 Å². The van der Waals surface area contributed by atoms with E-state index >= 15 is 0 Å². The fourth-order valence-electron chi connectivity index (χ4n) is 8.12. The molecule has 0 spiro atoms. The number of aliphatic hydroxyl groups is 2. The van der Waals surface area contributed by atoms with Crippen molar-refractivity contribution in [3.05, 3.63) is 80.9 Å². The molecule has 5 aliphatic rings. The molecule has 3 aromatic carbocycles. The zero-order valence-corrected chi connectivity index (χ0v) is 30.2. The normalized spacial score (nSPS) is 31.1. The maximum Gasteiger partial charge on any atom is 0.310 e. The van der Waals surface area contributed by atoms with Crippen LogP contribution < -0.4 is 23.7 Å². The summed E-state index contributed by atoms with van der Waals surface area (Å²) in [6, 6.07) is 13.3. The number of ether oxygens (including phenoxy) is 10.